The lowest BCUT2D eigenvalue weighted by Crippen LogP contribution is -1.94. The fourth-order valence-electron chi connectivity index (χ4n) is 0.759. The Bertz CT molecular complexity index is 316. The van der Waals surface area contributed by atoms with Gasteiger partial charge in [0, 0.05) is 0 Å². The van der Waals surface area contributed by atoms with E-state index in [9.17, 15) is 10.1 Å². The fraction of sp³-hybridized carbons (Fsp3) is 0. The van der Waals surface area contributed by atoms with Crippen molar-refractivity contribution in [2.75, 3.05) is 0 Å². The van der Waals surface area contributed by atoms with E-state index in [-0.39, 0.29) is 11.4 Å². The van der Waals surface area contributed by atoms with Crippen LogP contribution in [0.3, 0.4) is 0 Å². The average Bonchev–Trinajstić information content (AvgIpc) is 2.04. The van der Waals surface area contributed by atoms with Crippen LogP contribution in [0.15, 0.2) is 30.8 Å². The van der Waals surface area contributed by atoms with Gasteiger partial charge < -0.3 is 5.11 Å². The number of phenolic OH excluding ortho intramolecular Hbond substituents is 1. The van der Waals surface area contributed by atoms with E-state index in [0.717, 1.165) is 0 Å². The summed E-state index contributed by atoms with van der Waals surface area (Å²) >= 11 is 0. The first-order valence-corrected chi connectivity index (χ1v) is 3.24. The monoisotopic (exact) mass is 165 g/mol. The highest BCUT2D eigenvalue weighted by Crippen LogP contribution is 2.16. The molecule has 0 spiro atoms. The molecule has 1 N–H and O–H groups in total. The van der Waals surface area contributed by atoms with Gasteiger partial charge in [0.25, 0.3) is 5.70 Å². The van der Waals surface area contributed by atoms with Crippen LogP contribution in [-0.2, 0) is 0 Å². The van der Waals surface area contributed by atoms with Gasteiger partial charge in [-0.25, -0.2) is 0 Å². The highest BCUT2D eigenvalue weighted by molar-refractivity contribution is 5.56. The Morgan fingerprint density at radius 1 is 1.42 bits per heavy atom. The van der Waals surface area contributed by atoms with Crippen LogP contribution < -0.4 is 0 Å². The Morgan fingerprint density at radius 2 is 1.92 bits per heavy atom. The Hall–Kier alpha value is -1.84. The standard InChI is InChI=1S/C8H7NO3/c1-6(9(11)12)7-2-4-8(10)5-3-7/h2-5,10H,1H2. The molecule has 0 atom stereocenters. The largest absolute Gasteiger partial charge is 0.508 e. The number of phenols is 1. The number of aromatic hydroxyl groups is 1. The van der Waals surface area contributed by atoms with Gasteiger partial charge in [0.1, 0.15) is 5.75 Å². The van der Waals surface area contributed by atoms with E-state index >= 15 is 0 Å². The van der Waals surface area contributed by atoms with E-state index in [0.29, 0.717) is 5.56 Å². The van der Waals surface area contributed by atoms with Gasteiger partial charge in [-0.1, -0.05) is 0 Å². The Morgan fingerprint density at radius 3 is 2.33 bits per heavy atom. The summed E-state index contributed by atoms with van der Waals surface area (Å²) < 4.78 is 0. The van der Waals surface area contributed by atoms with Crippen molar-refractivity contribution < 1.29 is 10.0 Å². The number of rotatable bonds is 2. The third-order valence-electron chi connectivity index (χ3n) is 1.42. The predicted molar refractivity (Wildman–Crippen MR) is 44.1 cm³/mol. The second-order valence-electron chi connectivity index (χ2n) is 2.25. The molecular formula is C8H7NO3. The molecule has 0 unspecified atom stereocenters. The molecule has 1 aromatic carbocycles. The molecule has 0 radical (unpaired) electrons. The van der Waals surface area contributed by atoms with Crippen LogP contribution in [0.25, 0.3) is 5.70 Å². The lowest BCUT2D eigenvalue weighted by Gasteiger charge is -1.96. The maximum atomic E-state index is 10.2. The molecule has 0 amide bonds. The zero-order valence-electron chi connectivity index (χ0n) is 6.23. The molecule has 4 heteroatoms. The summed E-state index contributed by atoms with van der Waals surface area (Å²) in [5.74, 6) is 0.0786. The summed E-state index contributed by atoms with van der Waals surface area (Å²) in [6.45, 7) is 3.27. The number of nitrogens with zero attached hydrogens (tertiary/aromatic N) is 1. The Labute approximate surface area is 68.9 Å². The first-order valence-electron chi connectivity index (χ1n) is 3.24. The molecule has 1 rings (SSSR count). The van der Waals surface area contributed by atoms with Gasteiger partial charge in [-0.2, -0.15) is 0 Å². The van der Waals surface area contributed by atoms with Crippen molar-refractivity contribution in [1.29, 1.82) is 0 Å². The number of benzene rings is 1. The maximum Gasteiger partial charge on any atom is 0.269 e. The molecule has 0 saturated heterocycles. The minimum absolute atomic E-state index is 0.0786. The van der Waals surface area contributed by atoms with Gasteiger partial charge >= 0.3 is 0 Å². The minimum Gasteiger partial charge on any atom is -0.508 e. The summed E-state index contributed by atoms with van der Waals surface area (Å²) in [5, 5.41) is 19.1. The normalized spacial score (nSPS) is 9.33. The third-order valence-corrected chi connectivity index (χ3v) is 1.42. The van der Waals surface area contributed by atoms with Crippen LogP contribution >= 0.6 is 0 Å². The summed E-state index contributed by atoms with van der Waals surface area (Å²) in [7, 11) is 0. The fourth-order valence-corrected chi connectivity index (χ4v) is 0.759. The van der Waals surface area contributed by atoms with Crippen molar-refractivity contribution >= 4 is 5.70 Å². The Kier molecular flexibility index (Phi) is 2.09. The molecule has 1 aromatic rings. The predicted octanol–water partition coefficient (Wildman–Crippen LogP) is 1.64. The molecule has 12 heavy (non-hydrogen) atoms. The topological polar surface area (TPSA) is 63.4 Å². The van der Waals surface area contributed by atoms with Crippen LogP contribution in [0, 0.1) is 10.1 Å². The highest BCUT2D eigenvalue weighted by Gasteiger charge is 2.08. The molecule has 62 valence electrons. The molecule has 0 aliphatic heterocycles. The van der Waals surface area contributed by atoms with Crippen molar-refractivity contribution in [3.05, 3.63) is 46.5 Å². The van der Waals surface area contributed by atoms with E-state index in [1.807, 2.05) is 0 Å². The first kappa shape index (κ1) is 8.26. The second kappa shape index (κ2) is 3.04. The van der Waals surface area contributed by atoms with Crippen LogP contribution in [0.4, 0.5) is 0 Å². The molecule has 0 aliphatic carbocycles. The summed E-state index contributed by atoms with van der Waals surface area (Å²) in [5.41, 5.74) is 0.229. The zero-order chi connectivity index (χ0) is 9.14. The summed E-state index contributed by atoms with van der Waals surface area (Å²) in [6, 6.07) is 5.65. The van der Waals surface area contributed by atoms with Crippen molar-refractivity contribution in [3.63, 3.8) is 0 Å². The van der Waals surface area contributed by atoms with Crippen LogP contribution in [0.5, 0.6) is 5.75 Å². The van der Waals surface area contributed by atoms with E-state index in [4.69, 9.17) is 5.11 Å². The van der Waals surface area contributed by atoms with Crippen LogP contribution in [-0.4, -0.2) is 10.0 Å². The average molecular weight is 165 g/mol. The SMILES string of the molecule is C=C(c1ccc(O)cc1)[N+](=O)[O-]. The van der Waals surface area contributed by atoms with Crippen LogP contribution in [0.1, 0.15) is 5.56 Å². The zero-order valence-corrected chi connectivity index (χ0v) is 6.23. The van der Waals surface area contributed by atoms with Crippen molar-refractivity contribution in [3.8, 4) is 5.75 Å². The van der Waals surface area contributed by atoms with Crippen molar-refractivity contribution in [2.45, 2.75) is 0 Å². The van der Waals surface area contributed by atoms with Gasteiger partial charge in [-0.05, 0) is 30.8 Å². The number of nitro groups is 1. The molecule has 0 aliphatic rings. The van der Waals surface area contributed by atoms with E-state index < -0.39 is 4.92 Å². The van der Waals surface area contributed by atoms with Gasteiger partial charge in [0.05, 0.1) is 10.5 Å². The van der Waals surface area contributed by atoms with Crippen molar-refractivity contribution in [2.24, 2.45) is 0 Å². The summed E-state index contributed by atoms with van der Waals surface area (Å²) in [6.07, 6.45) is 0. The summed E-state index contributed by atoms with van der Waals surface area (Å²) in [4.78, 5) is 9.67. The first-order chi connectivity index (χ1) is 5.61. The molecule has 4 nitrogen and oxygen atoms in total. The Balaban J connectivity index is 2.98. The quantitative estimate of drug-likeness (QED) is 0.535. The van der Waals surface area contributed by atoms with Gasteiger partial charge in [-0.15, -0.1) is 0 Å². The van der Waals surface area contributed by atoms with Crippen LogP contribution in [0.2, 0.25) is 0 Å². The van der Waals surface area contributed by atoms with Gasteiger partial charge in [-0.3, -0.25) is 10.1 Å². The van der Waals surface area contributed by atoms with Gasteiger partial charge in [0.2, 0.25) is 0 Å². The molecule has 0 bridgehead atoms. The molecular weight excluding hydrogens is 158 g/mol. The molecule has 0 fully saturated rings. The number of hydrogen-bond donors (Lipinski definition) is 1. The molecule has 0 saturated carbocycles. The third kappa shape index (κ3) is 1.60. The lowest BCUT2D eigenvalue weighted by molar-refractivity contribution is -0.375. The maximum absolute atomic E-state index is 10.2. The highest BCUT2D eigenvalue weighted by atomic mass is 16.6. The smallest absolute Gasteiger partial charge is 0.269 e. The molecule has 0 aromatic heterocycles. The van der Waals surface area contributed by atoms with Gasteiger partial charge in [0.15, 0.2) is 0 Å². The second-order valence-corrected chi connectivity index (χ2v) is 2.25. The van der Waals surface area contributed by atoms with E-state index in [1.165, 1.54) is 24.3 Å². The van der Waals surface area contributed by atoms with E-state index in [2.05, 4.69) is 6.58 Å². The van der Waals surface area contributed by atoms with E-state index in [1.54, 1.807) is 0 Å². The minimum atomic E-state index is -0.563. The molecule has 0 heterocycles. The number of hydrogen-bond acceptors (Lipinski definition) is 3. The van der Waals surface area contributed by atoms with Crippen molar-refractivity contribution in [1.82, 2.24) is 0 Å². The lowest BCUT2D eigenvalue weighted by atomic mass is 10.2.